The zero-order valence-electron chi connectivity index (χ0n) is 30.1. The van der Waals surface area contributed by atoms with Gasteiger partial charge in [-0.05, 0) is 41.3 Å². The molecule has 3 heterocycles. The lowest BCUT2D eigenvalue weighted by molar-refractivity contribution is -0.322. The van der Waals surface area contributed by atoms with Crippen molar-refractivity contribution in [2.24, 2.45) is 11.8 Å². The topological polar surface area (TPSA) is 196 Å². The van der Waals surface area contributed by atoms with Crippen LogP contribution in [0.4, 0.5) is 0 Å². The number of hydrogen-bond donors (Lipinski definition) is 0. The number of methoxy groups -OCH3 is 3. The largest absolute Gasteiger partial charge is 0.493 e. The van der Waals surface area contributed by atoms with Crippen LogP contribution >= 0.6 is 0 Å². The van der Waals surface area contributed by atoms with Crippen molar-refractivity contribution in [2.45, 2.75) is 70.9 Å². The lowest BCUT2D eigenvalue weighted by atomic mass is 9.76. The smallest absolute Gasteiger partial charge is 0.309 e. The fourth-order valence-electron chi connectivity index (χ4n) is 7.27. The van der Waals surface area contributed by atoms with Crippen LogP contribution in [-0.2, 0) is 63.6 Å². The molecule has 0 spiro atoms. The summed E-state index contributed by atoms with van der Waals surface area (Å²) in [6.07, 6.45) is -8.19. The predicted octanol–water partition coefficient (Wildman–Crippen LogP) is 2.59. The number of carbonyl (C=O) groups excluding carboxylic acids is 5. The average Bonchev–Trinajstić information content (AvgIpc) is 3.71. The van der Waals surface area contributed by atoms with E-state index in [1.165, 1.54) is 28.3 Å². The maximum atomic E-state index is 13.5. The van der Waals surface area contributed by atoms with E-state index in [9.17, 15) is 24.0 Å². The number of esters is 5. The Kier molecular flexibility index (Phi) is 10.9. The molecule has 8 atom stereocenters. The first-order chi connectivity index (χ1) is 25.3. The molecule has 0 bridgehead atoms. The van der Waals surface area contributed by atoms with Crippen LogP contribution in [0.5, 0.6) is 28.7 Å². The molecule has 0 radical (unpaired) electrons. The summed E-state index contributed by atoms with van der Waals surface area (Å²) in [6, 6.07) is 5.24. The maximum Gasteiger partial charge on any atom is 0.309 e. The highest BCUT2D eigenvalue weighted by Crippen LogP contribution is 2.55. The van der Waals surface area contributed by atoms with Crippen molar-refractivity contribution in [1.29, 1.82) is 0 Å². The standard InChI is InChI=1S/C36H40O17/c1-15(37)45-13-27-31(49-16(2)38)33(50-17(3)39)34(51-18(4)40)36(52-27)53-29-21-11-25-24(47-14-48-25)10-20(21)28-19(8-22-23(29)12-46-35(22)41)9-26(42-5)30(43-6)32(28)44-7/h9-11,22-23,27,29,31,33-34,36H,8,12-14H2,1-7H3. The van der Waals surface area contributed by atoms with E-state index >= 15 is 0 Å². The summed E-state index contributed by atoms with van der Waals surface area (Å²) in [7, 11) is 4.43. The predicted molar refractivity (Wildman–Crippen MR) is 175 cm³/mol. The zero-order valence-corrected chi connectivity index (χ0v) is 30.1. The molecular formula is C36H40O17. The summed E-state index contributed by atoms with van der Waals surface area (Å²) in [6.45, 7) is 3.95. The summed E-state index contributed by atoms with van der Waals surface area (Å²) >= 11 is 0. The molecule has 4 aliphatic rings. The van der Waals surface area contributed by atoms with Crippen LogP contribution in [0.2, 0.25) is 0 Å². The Hall–Kier alpha value is -5.29. The number of rotatable bonds is 10. The van der Waals surface area contributed by atoms with Gasteiger partial charge in [-0.1, -0.05) is 0 Å². The molecule has 1 aliphatic carbocycles. The highest BCUT2D eigenvalue weighted by molar-refractivity contribution is 5.86. The molecule has 53 heavy (non-hydrogen) atoms. The number of cyclic esters (lactones) is 1. The van der Waals surface area contributed by atoms with Gasteiger partial charge in [0, 0.05) is 39.2 Å². The van der Waals surface area contributed by atoms with E-state index in [-0.39, 0.29) is 19.8 Å². The van der Waals surface area contributed by atoms with Gasteiger partial charge < -0.3 is 56.8 Å². The normalized spacial score (nSPS) is 26.7. The summed E-state index contributed by atoms with van der Waals surface area (Å²) in [5.74, 6) is -3.24. The molecule has 2 fully saturated rings. The Morgan fingerprint density at radius 3 is 2.02 bits per heavy atom. The highest BCUT2D eigenvalue weighted by atomic mass is 16.7. The zero-order chi connectivity index (χ0) is 38.1. The van der Waals surface area contributed by atoms with Gasteiger partial charge in [0.15, 0.2) is 47.6 Å². The molecule has 6 rings (SSSR count). The fourth-order valence-corrected chi connectivity index (χ4v) is 7.27. The Morgan fingerprint density at radius 2 is 1.40 bits per heavy atom. The minimum atomic E-state index is -1.57. The summed E-state index contributed by atoms with van der Waals surface area (Å²) in [4.78, 5) is 62.8. The molecule has 8 unspecified atom stereocenters. The SMILES string of the molecule is COc1cc2c(c(OC)c1OC)-c1cc3c(cc1C(OC1OC(COC(C)=O)C(OC(C)=O)C(OC(C)=O)C1OC(C)=O)C1COC(=O)C1C2)OCO3. The van der Waals surface area contributed by atoms with Gasteiger partial charge in [0.2, 0.25) is 12.5 Å². The first-order valence-electron chi connectivity index (χ1n) is 16.7. The molecule has 0 aromatic heterocycles. The van der Waals surface area contributed by atoms with Crippen LogP contribution in [-0.4, -0.2) is 102 Å². The first kappa shape index (κ1) is 37.5. The van der Waals surface area contributed by atoms with E-state index in [2.05, 4.69) is 0 Å². The van der Waals surface area contributed by atoms with Crippen LogP contribution in [0.25, 0.3) is 11.1 Å². The van der Waals surface area contributed by atoms with Crippen molar-refractivity contribution < 1.29 is 80.8 Å². The van der Waals surface area contributed by atoms with Gasteiger partial charge in [-0.15, -0.1) is 0 Å². The van der Waals surface area contributed by atoms with Crippen molar-refractivity contribution >= 4 is 29.8 Å². The molecule has 0 saturated carbocycles. The molecule has 286 valence electrons. The van der Waals surface area contributed by atoms with Crippen LogP contribution in [0.3, 0.4) is 0 Å². The third-order valence-electron chi connectivity index (χ3n) is 9.33. The fraction of sp³-hybridized carbons (Fsp3) is 0.528. The highest BCUT2D eigenvalue weighted by Gasteiger charge is 2.55. The van der Waals surface area contributed by atoms with Crippen molar-refractivity contribution in [1.82, 2.24) is 0 Å². The molecule has 17 nitrogen and oxygen atoms in total. The summed E-state index contributed by atoms with van der Waals surface area (Å²) < 4.78 is 69.8. The number of fused-ring (bicyclic) bond motifs is 5. The summed E-state index contributed by atoms with van der Waals surface area (Å²) in [5.41, 5.74) is 2.25. The Morgan fingerprint density at radius 1 is 0.755 bits per heavy atom. The van der Waals surface area contributed by atoms with Crippen LogP contribution < -0.4 is 23.7 Å². The van der Waals surface area contributed by atoms with Crippen molar-refractivity contribution in [2.75, 3.05) is 41.3 Å². The number of hydrogen-bond acceptors (Lipinski definition) is 17. The second-order valence-electron chi connectivity index (χ2n) is 12.7. The molecule has 0 amide bonds. The van der Waals surface area contributed by atoms with Crippen LogP contribution in [0.15, 0.2) is 18.2 Å². The van der Waals surface area contributed by atoms with Gasteiger partial charge in [-0.3, -0.25) is 24.0 Å². The molecular weight excluding hydrogens is 704 g/mol. The maximum absolute atomic E-state index is 13.5. The Balaban J connectivity index is 1.55. The lowest BCUT2D eigenvalue weighted by Gasteiger charge is -2.45. The van der Waals surface area contributed by atoms with Gasteiger partial charge in [0.05, 0.1) is 40.0 Å². The van der Waals surface area contributed by atoms with E-state index < -0.39 is 85.1 Å². The van der Waals surface area contributed by atoms with E-state index in [0.717, 1.165) is 20.8 Å². The third-order valence-corrected chi connectivity index (χ3v) is 9.33. The minimum absolute atomic E-state index is 0.0625. The third kappa shape index (κ3) is 7.35. The second-order valence-corrected chi connectivity index (χ2v) is 12.7. The van der Waals surface area contributed by atoms with Gasteiger partial charge in [-0.2, -0.15) is 0 Å². The molecule has 3 aliphatic heterocycles. The van der Waals surface area contributed by atoms with E-state index in [1.54, 1.807) is 18.2 Å². The molecule has 0 N–H and O–H groups in total. The van der Waals surface area contributed by atoms with Crippen molar-refractivity contribution in [3.05, 3.63) is 29.3 Å². The molecule has 2 aromatic rings. The van der Waals surface area contributed by atoms with E-state index in [0.29, 0.717) is 51.0 Å². The average molecular weight is 745 g/mol. The Labute approximate surface area is 303 Å². The van der Waals surface area contributed by atoms with Gasteiger partial charge in [0.1, 0.15) is 12.7 Å². The van der Waals surface area contributed by atoms with Crippen LogP contribution in [0, 0.1) is 11.8 Å². The number of benzene rings is 2. The molecule has 2 saturated heterocycles. The van der Waals surface area contributed by atoms with E-state index in [4.69, 9.17) is 56.8 Å². The quantitative estimate of drug-likeness (QED) is 0.254. The summed E-state index contributed by atoms with van der Waals surface area (Å²) in [5, 5.41) is 0. The van der Waals surface area contributed by atoms with Crippen LogP contribution in [0.1, 0.15) is 44.9 Å². The van der Waals surface area contributed by atoms with E-state index in [1.807, 2.05) is 0 Å². The minimum Gasteiger partial charge on any atom is -0.493 e. The number of carbonyl (C=O) groups is 5. The molecule has 2 aromatic carbocycles. The number of ether oxygens (including phenoxy) is 12. The second kappa shape index (κ2) is 15.4. The molecule has 17 heteroatoms. The van der Waals surface area contributed by atoms with Crippen molar-refractivity contribution in [3.63, 3.8) is 0 Å². The van der Waals surface area contributed by atoms with Gasteiger partial charge in [0.25, 0.3) is 0 Å². The monoisotopic (exact) mass is 744 g/mol. The lowest BCUT2D eigenvalue weighted by Crippen LogP contribution is -2.63. The van der Waals surface area contributed by atoms with Crippen molar-refractivity contribution in [3.8, 4) is 39.9 Å². The van der Waals surface area contributed by atoms with Gasteiger partial charge in [-0.25, -0.2) is 0 Å². The van der Waals surface area contributed by atoms with Gasteiger partial charge >= 0.3 is 29.8 Å². The first-order valence-corrected chi connectivity index (χ1v) is 16.7. The Bertz CT molecular complexity index is 1790.